The molecule has 0 unspecified atom stereocenters. The molecule has 0 saturated carbocycles. The maximum absolute atomic E-state index is 12.8. The fraction of sp³-hybridized carbons (Fsp3) is 0.429. The summed E-state index contributed by atoms with van der Waals surface area (Å²) in [4.78, 5) is 28.8. The largest absolute Gasteiger partial charge is 0.459 e. The van der Waals surface area contributed by atoms with Crippen molar-refractivity contribution in [2.75, 3.05) is 26.2 Å². The Morgan fingerprint density at radius 1 is 1.04 bits per heavy atom. The first kappa shape index (κ1) is 19.0. The zero-order valence-corrected chi connectivity index (χ0v) is 15.8. The normalized spacial score (nSPS) is 15.9. The fourth-order valence-electron chi connectivity index (χ4n) is 3.42. The van der Waals surface area contributed by atoms with E-state index < -0.39 is 0 Å². The summed E-state index contributed by atoms with van der Waals surface area (Å²) in [5.41, 5.74) is 1.12. The lowest BCUT2D eigenvalue weighted by Crippen LogP contribution is -2.43. The predicted molar refractivity (Wildman–Crippen MR) is 103 cm³/mol. The Bertz CT molecular complexity index is 730. The molecule has 1 fully saturated rings. The summed E-state index contributed by atoms with van der Waals surface area (Å²) in [5, 5.41) is 3.17. The van der Waals surface area contributed by atoms with Gasteiger partial charge in [-0.05, 0) is 30.5 Å². The van der Waals surface area contributed by atoms with Gasteiger partial charge in [-0.3, -0.25) is 4.79 Å². The van der Waals surface area contributed by atoms with Crippen LogP contribution in [0.25, 0.3) is 0 Å². The highest BCUT2D eigenvalue weighted by atomic mass is 16.3. The van der Waals surface area contributed by atoms with Crippen LogP contribution in [0.5, 0.6) is 0 Å². The van der Waals surface area contributed by atoms with Gasteiger partial charge in [-0.25, -0.2) is 4.79 Å². The summed E-state index contributed by atoms with van der Waals surface area (Å²) >= 11 is 0. The van der Waals surface area contributed by atoms with Crippen molar-refractivity contribution in [2.24, 2.45) is 0 Å². The van der Waals surface area contributed by atoms with Crippen molar-refractivity contribution in [3.05, 3.63) is 60.1 Å². The van der Waals surface area contributed by atoms with Crippen molar-refractivity contribution in [3.63, 3.8) is 0 Å². The zero-order chi connectivity index (χ0) is 19.1. The number of nitrogens with one attached hydrogen (secondary N) is 1. The van der Waals surface area contributed by atoms with E-state index in [2.05, 4.69) is 12.2 Å². The van der Waals surface area contributed by atoms with Crippen molar-refractivity contribution in [1.29, 1.82) is 0 Å². The number of furan rings is 1. The summed E-state index contributed by atoms with van der Waals surface area (Å²) < 4.78 is 5.21. The third kappa shape index (κ3) is 4.90. The van der Waals surface area contributed by atoms with Gasteiger partial charge in [0.05, 0.1) is 12.3 Å². The van der Waals surface area contributed by atoms with Crippen molar-refractivity contribution < 1.29 is 14.0 Å². The van der Waals surface area contributed by atoms with Gasteiger partial charge in [0.15, 0.2) is 5.76 Å². The molecule has 0 spiro atoms. The number of carbonyl (C=O) groups is 2. The Morgan fingerprint density at radius 3 is 2.48 bits per heavy atom. The van der Waals surface area contributed by atoms with Gasteiger partial charge in [-0.1, -0.05) is 43.7 Å². The van der Waals surface area contributed by atoms with E-state index in [0.717, 1.165) is 24.8 Å². The molecule has 6 nitrogen and oxygen atoms in total. The van der Waals surface area contributed by atoms with E-state index in [1.54, 1.807) is 21.9 Å². The van der Waals surface area contributed by atoms with Gasteiger partial charge >= 0.3 is 6.03 Å². The third-order valence-corrected chi connectivity index (χ3v) is 4.88. The monoisotopic (exact) mass is 369 g/mol. The minimum absolute atomic E-state index is 0.00723. The van der Waals surface area contributed by atoms with E-state index in [1.165, 1.54) is 6.26 Å². The molecule has 144 valence electrons. The van der Waals surface area contributed by atoms with Crippen LogP contribution in [-0.2, 0) is 0 Å². The second-order valence-electron chi connectivity index (χ2n) is 6.81. The minimum atomic E-state index is -0.115. The molecule has 0 bridgehead atoms. The SMILES string of the molecule is CCC[C@H](NC(=O)N1CCCN(C(=O)c2ccco2)CC1)c1ccccc1. The van der Waals surface area contributed by atoms with Crippen LogP contribution in [0.2, 0.25) is 0 Å². The maximum Gasteiger partial charge on any atom is 0.317 e. The molecule has 3 rings (SSSR count). The van der Waals surface area contributed by atoms with E-state index in [1.807, 2.05) is 30.3 Å². The van der Waals surface area contributed by atoms with E-state index >= 15 is 0 Å². The summed E-state index contributed by atoms with van der Waals surface area (Å²) in [5.74, 6) is 0.232. The molecule has 0 radical (unpaired) electrons. The van der Waals surface area contributed by atoms with Crippen LogP contribution in [0.4, 0.5) is 4.79 Å². The van der Waals surface area contributed by atoms with Crippen LogP contribution in [0.1, 0.15) is 48.3 Å². The van der Waals surface area contributed by atoms with Crippen molar-refractivity contribution in [3.8, 4) is 0 Å². The summed E-state index contributed by atoms with van der Waals surface area (Å²) in [6.45, 7) is 4.41. The van der Waals surface area contributed by atoms with Crippen LogP contribution >= 0.6 is 0 Å². The van der Waals surface area contributed by atoms with Gasteiger partial charge in [0.1, 0.15) is 0 Å². The van der Waals surface area contributed by atoms with E-state index in [-0.39, 0.29) is 18.0 Å². The number of urea groups is 1. The third-order valence-electron chi connectivity index (χ3n) is 4.88. The van der Waals surface area contributed by atoms with Crippen molar-refractivity contribution >= 4 is 11.9 Å². The quantitative estimate of drug-likeness (QED) is 0.874. The Morgan fingerprint density at radius 2 is 1.78 bits per heavy atom. The first-order valence-corrected chi connectivity index (χ1v) is 9.62. The van der Waals surface area contributed by atoms with Crippen LogP contribution in [0.3, 0.4) is 0 Å². The molecule has 2 aromatic rings. The molecule has 0 aliphatic carbocycles. The van der Waals surface area contributed by atoms with Crippen LogP contribution in [0, 0.1) is 0 Å². The van der Waals surface area contributed by atoms with Crippen LogP contribution < -0.4 is 5.32 Å². The number of amides is 3. The van der Waals surface area contributed by atoms with Gasteiger partial charge in [0.25, 0.3) is 5.91 Å². The molecule has 3 amide bonds. The molecule has 1 saturated heterocycles. The van der Waals surface area contributed by atoms with E-state index in [4.69, 9.17) is 4.42 Å². The predicted octanol–water partition coefficient (Wildman–Crippen LogP) is 3.68. The highest BCUT2D eigenvalue weighted by molar-refractivity contribution is 5.91. The Kier molecular flexibility index (Phi) is 6.52. The van der Waals surface area contributed by atoms with Gasteiger partial charge in [-0.2, -0.15) is 0 Å². The zero-order valence-electron chi connectivity index (χ0n) is 15.8. The van der Waals surface area contributed by atoms with E-state index in [9.17, 15) is 9.59 Å². The Balaban J connectivity index is 1.59. The molecule has 1 N–H and O–H groups in total. The van der Waals surface area contributed by atoms with Gasteiger partial charge in [-0.15, -0.1) is 0 Å². The summed E-state index contributed by atoms with van der Waals surface area (Å²) in [6, 6.07) is 13.4. The Hall–Kier alpha value is -2.76. The van der Waals surface area contributed by atoms with Gasteiger partial charge in [0.2, 0.25) is 0 Å². The highest BCUT2D eigenvalue weighted by Gasteiger charge is 2.25. The number of nitrogens with zero attached hydrogens (tertiary/aromatic N) is 2. The van der Waals surface area contributed by atoms with Gasteiger partial charge < -0.3 is 19.5 Å². The molecular weight excluding hydrogens is 342 g/mol. The van der Waals surface area contributed by atoms with E-state index in [0.29, 0.717) is 31.9 Å². The van der Waals surface area contributed by atoms with Crippen LogP contribution in [0.15, 0.2) is 53.1 Å². The van der Waals surface area contributed by atoms with Crippen LogP contribution in [-0.4, -0.2) is 47.9 Å². The first-order valence-electron chi connectivity index (χ1n) is 9.62. The molecule has 1 aromatic heterocycles. The lowest BCUT2D eigenvalue weighted by atomic mass is 10.0. The number of rotatable bonds is 5. The molecule has 6 heteroatoms. The molecule has 1 aliphatic heterocycles. The minimum Gasteiger partial charge on any atom is -0.459 e. The van der Waals surface area contributed by atoms with Crippen molar-refractivity contribution in [1.82, 2.24) is 15.1 Å². The highest BCUT2D eigenvalue weighted by Crippen LogP contribution is 2.19. The molecule has 1 aliphatic rings. The van der Waals surface area contributed by atoms with Crippen molar-refractivity contribution in [2.45, 2.75) is 32.2 Å². The summed E-state index contributed by atoms with van der Waals surface area (Å²) in [6.07, 6.45) is 4.14. The second kappa shape index (κ2) is 9.26. The second-order valence-corrected chi connectivity index (χ2v) is 6.81. The topological polar surface area (TPSA) is 65.8 Å². The smallest absolute Gasteiger partial charge is 0.317 e. The Labute approximate surface area is 160 Å². The molecule has 1 atom stereocenters. The average molecular weight is 369 g/mol. The molecular formula is C21H27N3O3. The average Bonchev–Trinajstić information content (AvgIpc) is 3.12. The standard InChI is InChI=1S/C21H27N3O3/c1-2-8-18(17-9-4-3-5-10-17)22-21(26)24-13-7-12-23(14-15-24)20(25)19-11-6-16-27-19/h3-6,9-11,16,18H,2,7-8,12-15H2,1H3,(H,22,26)/t18-/m0/s1. The number of hydrogen-bond donors (Lipinski definition) is 1. The molecule has 2 heterocycles. The lowest BCUT2D eigenvalue weighted by Gasteiger charge is -2.26. The lowest BCUT2D eigenvalue weighted by molar-refractivity contribution is 0.0730. The summed E-state index contributed by atoms with van der Waals surface area (Å²) in [7, 11) is 0. The number of carbonyl (C=O) groups excluding carboxylic acids is 2. The fourth-order valence-corrected chi connectivity index (χ4v) is 3.42. The van der Waals surface area contributed by atoms with Gasteiger partial charge in [0, 0.05) is 26.2 Å². The number of hydrogen-bond acceptors (Lipinski definition) is 3. The maximum atomic E-state index is 12.8. The molecule has 27 heavy (non-hydrogen) atoms. The number of benzene rings is 1. The molecule has 1 aromatic carbocycles. The first-order chi connectivity index (χ1) is 13.2.